The van der Waals surface area contributed by atoms with Crippen LogP contribution in [-0.2, 0) is 19.1 Å². The average Bonchev–Trinajstić information content (AvgIpc) is 3.06. The highest BCUT2D eigenvalue weighted by Crippen LogP contribution is 2.43. The average molecular weight is 683 g/mol. The molecule has 13 heteroatoms. The molecule has 0 saturated heterocycles. The molecule has 0 bridgehead atoms. The maximum absolute atomic E-state index is 13.4. The molecule has 0 rings (SSSR count). The molecule has 0 aliphatic heterocycles. The Morgan fingerprint density at radius 3 is 1.43 bits per heavy atom. The van der Waals surface area contributed by atoms with Crippen molar-refractivity contribution in [1.29, 1.82) is 0 Å². The fraction of sp³-hybridized carbons (Fsp3) is 0.941. The van der Waals surface area contributed by atoms with Crippen molar-refractivity contribution < 1.29 is 65.0 Å². The van der Waals surface area contributed by atoms with Crippen LogP contribution in [0, 0.1) is 0 Å². The first-order valence-electron chi connectivity index (χ1n) is 17.6. The van der Waals surface area contributed by atoms with E-state index in [9.17, 15) is 55.5 Å². The first-order valence-corrected chi connectivity index (χ1v) is 17.6. The van der Waals surface area contributed by atoms with Gasteiger partial charge in [0.2, 0.25) is 0 Å². The van der Waals surface area contributed by atoms with Gasteiger partial charge in [0, 0.05) is 19.3 Å². The van der Waals surface area contributed by atoms with Crippen LogP contribution in [0.15, 0.2) is 0 Å². The number of hydrogen-bond acceptors (Lipinski definition) is 13. The third-order valence-corrected chi connectivity index (χ3v) is 8.78. The SMILES string of the molecule is CCCCCCCCCCCCCCCCCC(=O)O[C@@](CC(O)CO)([C@H](O)[C@H](O)CO)[C@@](CC(O)CO)(OCC(O)CO)C(C)=O. The Morgan fingerprint density at radius 1 is 0.596 bits per heavy atom. The first-order chi connectivity index (χ1) is 22.4. The predicted molar refractivity (Wildman–Crippen MR) is 175 cm³/mol. The van der Waals surface area contributed by atoms with Gasteiger partial charge in [-0.15, -0.1) is 0 Å². The lowest BCUT2D eigenvalue weighted by Gasteiger charge is -2.52. The molecular formula is C34H66O13. The number of aliphatic hydroxyl groups excluding tert-OH is 9. The third kappa shape index (κ3) is 16.8. The normalized spacial score (nSPS) is 17.7. The number of carbonyl (C=O) groups is 2. The van der Waals surface area contributed by atoms with E-state index in [1.54, 1.807) is 0 Å². The van der Waals surface area contributed by atoms with Gasteiger partial charge in [0.1, 0.15) is 18.3 Å². The minimum atomic E-state index is -2.74. The fourth-order valence-corrected chi connectivity index (χ4v) is 6.01. The lowest BCUT2D eigenvalue weighted by atomic mass is 9.68. The number of ether oxygens (including phenoxy) is 2. The second-order valence-electron chi connectivity index (χ2n) is 12.9. The molecule has 0 aliphatic carbocycles. The van der Waals surface area contributed by atoms with E-state index in [0.29, 0.717) is 12.8 Å². The van der Waals surface area contributed by atoms with Crippen molar-refractivity contribution in [3.05, 3.63) is 0 Å². The monoisotopic (exact) mass is 682 g/mol. The summed E-state index contributed by atoms with van der Waals surface area (Å²) in [5.41, 5.74) is -5.37. The molecule has 0 heterocycles. The lowest BCUT2D eigenvalue weighted by Crippen LogP contribution is -2.72. The highest BCUT2D eigenvalue weighted by molar-refractivity contribution is 5.87. The van der Waals surface area contributed by atoms with Gasteiger partial charge in [-0.05, 0) is 13.3 Å². The van der Waals surface area contributed by atoms with E-state index in [2.05, 4.69) is 6.92 Å². The van der Waals surface area contributed by atoms with Crippen LogP contribution in [0.3, 0.4) is 0 Å². The quantitative estimate of drug-likeness (QED) is 0.0361. The second kappa shape index (κ2) is 26.6. The molecule has 47 heavy (non-hydrogen) atoms. The van der Waals surface area contributed by atoms with E-state index < -0.39 is 99.4 Å². The Balaban J connectivity index is 5.63. The van der Waals surface area contributed by atoms with Crippen LogP contribution in [-0.4, -0.2) is 132 Å². The van der Waals surface area contributed by atoms with E-state index in [-0.39, 0.29) is 6.42 Å². The summed E-state index contributed by atoms with van der Waals surface area (Å²) in [6, 6.07) is 0. The van der Waals surface area contributed by atoms with Crippen LogP contribution < -0.4 is 0 Å². The molecule has 3 unspecified atom stereocenters. The smallest absolute Gasteiger partial charge is 0.306 e. The number of unbranched alkanes of at least 4 members (excludes halogenated alkanes) is 14. The van der Waals surface area contributed by atoms with E-state index >= 15 is 0 Å². The zero-order valence-electron chi connectivity index (χ0n) is 28.8. The van der Waals surface area contributed by atoms with Crippen molar-refractivity contribution >= 4 is 11.8 Å². The predicted octanol–water partition coefficient (Wildman–Crippen LogP) is 1.43. The van der Waals surface area contributed by atoms with Crippen LogP contribution in [0.2, 0.25) is 0 Å². The Morgan fingerprint density at radius 2 is 1.02 bits per heavy atom. The van der Waals surface area contributed by atoms with Crippen molar-refractivity contribution in [3.63, 3.8) is 0 Å². The molecule has 280 valence electrons. The summed E-state index contributed by atoms with van der Waals surface area (Å²) in [4.78, 5) is 26.7. The minimum absolute atomic E-state index is 0.188. The fourth-order valence-electron chi connectivity index (χ4n) is 6.01. The van der Waals surface area contributed by atoms with Crippen LogP contribution in [0.1, 0.15) is 129 Å². The molecule has 0 aromatic carbocycles. The molecule has 0 aromatic heterocycles. The summed E-state index contributed by atoms with van der Waals surface area (Å²) >= 11 is 0. The van der Waals surface area contributed by atoms with Crippen molar-refractivity contribution in [2.45, 2.75) is 171 Å². The third-order valence-electron chi connectivity index (χ3n) is 8.78. The van der Waals surface area contributed by atoms with Gasteiger partial charge in [0.15, 0.2) is 17.0 Å². The lowest BCUT2D eigenvalue weighted by molar-refractivity contribution is -0.268. The molecular weight excluding hydrogens is 616 g/mol. The number of rotatable bonds is 32. The van der Waals surface area contributed by atoms with Crippen molar-refractivity contribution in [2.24, 2.45) is 0 Å². The molecule has 0 radical (unpaired) electrons. The van der Waals surface area contributed by atoms with Crippen LogP contribution >= 0.6 is 0 Å². The molecule has 0 aromatic rings. The Kier molecular flexibility index (Phi) is 25.9. The molecule has 13 nitrogen and oxygen atoms in total. The molecule has 9 N–H and O–H groups in total. The molecule has 0 aliphatic rings. The van der Waals surface area contributed by atoms with Gasteiger partial charge in [0.25, 0.3) is 0 Å². The Hall–Kier alpha value is -1.26. The summed E-state index contributed by atoms with van der Waals surface area (Å²) in [5, 5.41) is 91.2. The zero-order valence-corrected chi connectivity index (χ0v) is 28.8. The number of ketones is 1. The van der Waals surface area contributed by atoms with Crippen LogP contribution in [0.5, 0.6) is 0 Å². The first kappa shape index (κ1) is 45.7. The van der Waals surface area contributed by atoms with Gasteiger partial charge >= 0.3 is 5.97 Å². The van der Waals surface area contributed by atoms with Gasteiger partial charge in [-0.2, -0.15) is 0 Å². The largest absolute Gasteiger partial charge is 0.452 e. The maximum atomic E-state index is 13.4. The maximum Gasteiger partial charge on any atom is 0.306 e. The van der Waals surface area contributed by atoms with E-state index in [4.69, 9.17) is 9.47 Å². The molecule has 0 amide bonds. The summed E-state index contributed by atoms with van der Waals surface area (Å²) in [6.45, 7) is -1.36. The van der Waals surface area contributed by atoms with Gasteiger partial charge in [-0.1, -0.05) is 96.8 Å². The number of Topliss-reactive ketones (excluding diaryl/α,β-unsaturated/α-hetero) is 1. The van der Waals surface area contributed by atoms with Gasteiger partial charge in [-0.25, -0.2) is 0 Å². The minimum Gasteiger partial charge on any atom is -0.452 e. The number of esters is 1. The standard InChI is InChI=1S/C34H66O13/c1-3-4-5-6-7-8-9-10-11-12-13-14-15-16-17-18-31(44)47-34(20-28(41)22-36,32(45)30(43)24-38)33(26(2)39,19-27(40)21-35)46-25-29(42)23-37/h27-30,32,35-38,40-43,45H,3-25H2,1-2H3/t27?,28?,29?,30-,32-,33+,34+/m1/s1. The van der Waals surface area contributed by atoms with Crippen molar-refractivity contribution in [2.75, 3.05) is 33.0 Å². The number of carbonyl (C=O) groups excluding carboxylic acids is 2. The summed E-state index contributed by atoms with van der Waals surface area (Å²) in [7, 11) is 0. The van der Waals surface area contributed by atoms with E-state index in [1.807, 2.05) is 0 Å². The van der Waals surface area contributed by atoms with Crippen molar-refractivity contribution in [3.8, 4) is 0 Å². The number of hydrogen-bond donors (Lipinski definition) is 9. The Bertz CT molecular complexity index is 800. The highest BCUT2D eigenvalue weighted by Gasteiger charge is 2.65. The molecule has 0 saturated carbocycles. The zero-order chi connectivity index (χ0) is 35.7. The second-order valence-corrected chi connectivity index (χ2v) is 12.9. The van der Waals surface area contributed by atoms with Crippen LogP contribution in [0.4, 0.5) is 0 Å². The highest BCUT2D eigenvalue weighted by atomic mass is 16.6. The molecule has 7 atom stereocenters. The van der Waals surface area contributed by atoms with Gasteiger partial charge < -0.3 is 55.4 Å². The van der Waals surface area contributed by atoms with E-state index in [0.717, 1.165) is 32.6 Å². The summed E-state index contributed by atoms with van der Waals surface area (Å²) in [6.07, 6.45) is 5.33. The number of aliphatic hydroxyl groups is 9. The summed E-state index contributed by atoms with van der Waals surface area (Å²) in [5.74, 6) is -1.95. The molecule has 0 fully saturated rings. The van der Waals surface area contributed by atoms with Crippen molar-refractivity contribution in [1.82, 2.24) is 0 Å². The topological polar surface area (TPSA) is 235 Å². The van der Waals surface area contributed by atoms with E-state index in [1.165, 1.54) is 57.8 Å². The molecule has 0 spiro atoms. The van der Waals surface area contributed by atoms with Crippen LogP contribution in [0.25, 0.3) is 0 Å². The Labute approximate surface area is 280 Å². The van der Waals surface area contributed by atoms with Gasteiger partial charge in [-0.3, -0.25) is 9.59 Å². The summed E-state index contributed by atoms with van der Waals surface area (Å²) < 4.78 is 11.5. The van der Waals surface area contributed by atoms with Gasteiger partial charge in [0.05, 0.1) is 45.2 Å².